The summed E-state index contributed by atoms with van der Waals surface area (Å²) in [5.74, 6) is 0.602. The number of benzene rings is 2. The molecule has 9 nitrogen and oxygen atoms in total. The molecule has 0 spiro atoms. The number of hydrogen-bond acceptors (Lipinski definition) is 7. The number of nitrogens with zero attached hydrogens (tertiary/aromatic N) is 3. The van der Waals surface area contributed by atoms with Gasteiger partial charge in [-0.2, -0.15) is 0 Å². The highest BCUT2D eigenvalue weighted by Crippen LogP contribution is 2.32. The number of nitrogens with one attached hydrogen (secondary N) is 2. The van der Waals surface area contributed by atoms with Gasteiger partial charge in [0, 0.05) is 11.1 Å². The molecule has 2 aromatic carbocycles. The lowest BCUT2D eigenvalue weighted by Gasteiger charge is -2.09. The van der Waals surface area contributed by atoms with Gasteiger partial charge in [0.25, 0.3) is 5.69 Å². The summed E-state index contributed by atoms with van der Waals surface area (Å²) in [5, 5.41) is 21.7. The molecular weight excluding hydrogens is 430 g/mol. The molecule has 0 saturated heterocycles. The quantitative estimate of drug-likeness (QED) is 0.312. The number of aryl methyl sites for hydroxylation is 2. The summed E-state index contributed by atoms with van der Waals surface area (Å²) in [6, 6.07) is 8.32. The molecule has 1 amide bonds. The molecular formula is C19H18ClN5O4S. The smallest absolute Gasteiger partial charge is 0.293 e. The third-order valence-electron chi connectivity index (χ3n) is 4.13. The normalized spacial score (nSPS) is 10.7. The maximum Gasteiger partial charge on any atom is 0.293 e. The van der Waals surface area contributed by atoms with Crippen LogP contribution in [0.5, 0.6) is 5.75 Å². The number of carbonyl (C=O) groups is 1. The molecule has 0 aliphatic rings. The summed E-state index contributed by atoms with van der Waals surface area (Å²) in [5.41, 5.74) is 2.05. The van der Waals surface area contributed by atoms with Crippen molar-refractivity contribution in [3.63, 3.8) is 0 Å². The van der Waals surface area contributed by atoms with E-state index in [0.29, 0.717) is 32.9 Å². The van der Waals surface area contributed by atoms with Crippen LogP contribution >= 0.6 is 23.4 Å². The average Bonchev–Trinajstić information content (AvgIpc) is 3.17. The number of H-pyrrole nitrogens is 1. The number of anilines is 1. The van der Waals surface area contributed by atoms with Crippen molar-refractivity contribution in [1.29, 1.82) is 0 Å². The van der Waals surface area contributed by atoms with Gasteiger partial charge in [-0.15, -0.1) is 5.10 Å². The van der Waals surface area contributed by atoms with Crippen LogP contribution in [0.3, 0.4) is 0 Å². The Morgan fingerprint density at radius 2 is 2.10 bits per heavy atom. The van der Waals surface area contributed by atoms with E-state index >= 15 is 0 Å². The summed E-state index contributed by atoms with van der Waals surface area (Å²) >= 11 is 7.14. The standard InChI is InChI=1S/C19H18ClN5O4S/c1-10-6-11(2)17(14(7-10)25(27)28)21-16(26)9-30-19-22-18(23-24-19)13-8-12(20)4-5-15(13)29-3/h4-8H,9H2,1-3H3,(H,21,26)(H,22,23,24). The van der Waals surface area contributed by atoms with Gasteiger partial charge < -0.3 is 10.1 Å². The first-order valence-electron chi connectivity index (χ1n) is 8.73. The van der Waals surface area contributed by atoms with Crippen molar-refractivity contribution in [2.45, 2.75) is 19.0 Å². The largest absolute Gasteiger partial charge is 0.496 e. The third kappa shape index (κ3) is 4.89. The molecule has 3 aromatic rings. The van der Waals surface area contributed by atoms with E-state index in [0.717, 1.165) is 17.3 Å². The van der Waals surface area contributed by atoms with E-state index in [1.807, 2.05) is 0 Å². The number of rotatable bonds is 7. The fourth-order valence-corrected chi connectivity index (χ4v) is 3.62. The molecule has 0 bridgehead atoms. The van der Waals surface area contributed by atoms with E-state index in [2.05, 4.69) is 20.5 Å². The van der Waals surface area contributed by atoms with Crippen LogP contribution in [-0.2, 0) is 4.79 Å². The maximum absolute atomic E-state index is 12.4. The van der Waals surface area contributed by atoms with E-state index < -0.39 is 10.8 Å². The Morgan fingerprint density at radius 1 is 1.33 bits per heavy atom. The molecule has 1 aromatic heterocycles. The minimum Gasteiger partial charge on any atom is -0.496 e. The predicted molar refractivity (Wildman–Crippen MR) is 115 cm³/mol. The van der Waals surface area contributed by atoms with Crippen LogP contribution in [0.25, 0.3) is 11.4 Å². The number of amides is 1. The topological polar surface area (TPSA) is 123 Å². The van der Waals surface area contributed by atoms with Crippen LogP contribution in [0.1, 0.15) is 11.1 Å². The SMILES string of the molecule is COc1ccc(Cl)cc1-c1nc(SCC(=O)Nc2c(C)cc(C)cc2[N+](=O)[O-])n[nH]1. The fourth-order valence-electron chi connectivity index (χ4n) is 2.85. The molecule has 0 unspecified atom stereocenters. The Hall–Kier alpha value is -3.11. The zero-order valence-corrected chi connectivity index (χ0v) is 17.9. The zero-order valence-electron chi connectivity index (χ0n) is 16.4. The second-order valence-corrected chi connectivity index (χ2v) is 7.76. The number of hydrogen-bond donors (Lipinski definition) is 2. The molecule has 0 radical (unpaired) electrons. The van der Waals surface area contributed by atoms with Crippen LogP contribution in [0.2, 0.25) is 5.02 Å². The Balaban J connectivity index is 1.70. The van der Waals surface area contributed by atoms with E-state index in [1.165, 1.54) is 13.2 Å². The number of thioether (sulfide) groups is 1. The molecule has 3 rings (SSSR count). The lowest BCUT2D eigenvalue weighted by atomic mass is 10.1. The zero-order chi connectivity index (χ0) is 21.8. The Morgan fingerprint density at radius 3 is 2.80 bits per heavy atom. The minimum absolute atomic E-state index is 0.0194. The van der Waals surface area contributed by atoms with Gasteiger partial charge in [0.05, 0.1) is 23.3 Å². The van der Waals surface area contributed by atoms with Gasteiger partial charge in [0.2, 0.25) is 11.1 Å². The van der Waals surface area contributed by atoms with Crippen LogP contribution in [-0.4, -0.2) is 38.9 Å². The van der Waals surface area contributed by atoms with Crippen molar-refractivity contribution in [1.82, 2.24) is 15.2 Å². The van der Waals surface area contributed by atoms with E-state index in [-0.39, 0.29) is 17.1 Å². The highest BCUT2D eigenvalue weighted by atomic mass is 35.5. The summed E-state index contributed by atoms with van der Waals surface area (Å²) in [6.07, 6.45) is 0. The molecule has 1 heterocycles. The van der Waals surface area contributed by atoms with Crippen molar-refractivity contribution in [3.05, 3.63) is 56.6 Å². The van der Waals surface area contributed by atoms with E-state index in [4.69, 9.17) is 16.3 Å². The Labute approximate surface area is 181 Å². The summed E-state index contributed by atoms with van der Waals surface area (Å²) in [7, 11) is 1.54. The number of methoxy groups -OCH3 is 1. The third-order valence-corrected chi connectivity index (χ3v) is 5.22. The fraction of sp³-hybridized carbons (Fsp3) is 0.211. The molecule has 0 aliphatic carbocycles. The molecule has 30 heavy (non-hydrogen) atoms. The molecule has 11 heteroatoms. The lowest BCUT2D eigenvalue weighted by molar-refractivity contribution is -0.384. The monoisotopic (exact) mass is 447 g/mol. The second kappa shape index (κ2) is 9.14. The number of aromatic amines is 1. The first kappa shape index (κ1) is 21.6. The maximum atomic E-state index is 12.4. The molecule has 0 aliphatic heterocycles. The van der Waals surface area contributed by atoms with Crippen molar-refractivity contribution < 1.29 is 14.5 Å². The predicted octanol–water partition coefficient (Wildman–Crippen LogP) is 4.39. The van der Waals surface area contributed by atoms with Crippen molar-refractivity contribution >= 4 is 40.6 Å². The van der Waals surface area contributed by atoms with Crippen molar-refractivity contribution in [3.8, 4) is 17.1 Å². The number of nitro groups is 1. The summed E-state index contributed by atoms with van der Waals surface area (Å²) in [6.45, 7) is 3.47. The van der Waals surface area contributed by atoms with E-state index in [1.54, 1.807) is 38.1 Å². The molecule has 2 N–H and O–H groups in total. The Kier molecular flexibility index (Phi) is 6.58. The van der Waals surface area contributed by atoms with Crippen LogP contribution in [0, 0.1) is 24.0 Å². The van der Waals surface area contributed by atoms with Crippen molar-refractivity contribution in [2.24, 2.45) is 0 Å². The highest BCUT2D eigenvalue weighted by molar-refractivity contribution is 7.99. The van der Waals surface area contributed by atoms with Gasteiger partial charge in [-0.3, -0.25) is 20.0 Å². The number of aromatic nitrogens is 3. The number of halogens is 1. The van der Waals surface area contributed by atoms with Gasteiger partial charge in [-0.25, -0.2) is 4.98 Å². The average molecular weight is 448 g/mol. The molecule has 156 valence electrons. The van der Waals surface area contributed by atoms with Crippen LogP contribution in [0.4, 0.5) is 11.4 Å². The lowest BCUT2D eigenvalue weighted by Crippen LogP contribution is -2.16. The first-order valence-corrected chi connectivity index (χ1v) is 10.1. The number of nitro benzene ring substituents is 1. The van der Waals surface area contributed by atoms with Gasteiger partial charge in [0.1, 0.15) is 11.4 Å². The molecule has 0 fully saturated rings. The van der Waals surface area contributed by atoms with E-state index in [9.17, 15) is 14.9 Å². The molecule has 0 saturated carbocycles. The first-order chi connectivity index (χ1) is 14.3. The van der Waals surface area contributed by atoms with Gasteiger partial charge in [0.15, 0.2) is 5.82 Å². The van der Waals surface area contributed by atoms with Gasteiger partial charge in [-0.05, 0) is 43.2 Å². The summed E-state index contributed by atoms with van der Waals surface area (Å²) in [4.78, 5) is 27.5. The summed E-state index contributed by atoms with van der Waals surface area (Å²) < 4.78 is 5.31. The number of ether oxygens (including phenoxy) is 1. The number of carbonyl (C=O) groups excluding carboxylic acids is 1. The minimum atomic E-state index is -0.511. The van der Waals surface area contributed by atoms with Gasteiger partial charge >= 0.3 is 0 Å². The highest BCUT2D eigenvalue weighted by Gasteiger charge is 2.20. The van der Waals surface area contributed by atoms with Crippen molar-refractivity contribution in [2.75, 3.05) is 18.2 Å². The Bertz CT molecular complexity index is 1120. The van der Waals surface area contributed by atoms with Crippen LogP contribution in [0.15, 0.2) is 35.5 Å². The molecule has 0 atom stereocenters. The van der Waals surface area contributed by atoms with Crippen LogP contribution < -0.4 is 10.1 Å². The second-order valence-electron chi connectivity index (χ2n) is 6.38. The van der Waals surface area contributed by atoms with Gasteiger partial charge in [-0.1, -0.05) is 29.4 Å².